The first-order valence-corrected chi connectivity index (χ1v) is 9.97. The zero-order valence-electron chi connectivity index (χ0n) is 16.6. The Morgan fingerprint density at radius 3 is 2.36 bits per heavy atom. The fourth-order valence-electron chi connectivity index (χ4n) is 4.00. The molecule has 25 heavy (non-hydrogen) atoms. The van der Waals surface area contributed by atoms with Crippen LogP contribution in [0.5, 0.6) is 0 Å². The normalized spacial score (nSPS) is 23.6. The van der Waals surface area contributed by atoms with Crippen molar-refractivity contribution in [2.75, 3.05) is 14.1 Å². The molecule has 0 saturated heterocycles. The van der Waals surface area contributed by atoms with Crippen molar-refractivity contribution in [3.05, 3.63) is 35.4 Å². The largest absolute Gasteiger partial charge is 0.353 e. The van der Waals surface area contributed by atoms with Gasteiger partial charge in [0.05, 0.1) is 0 Å². The number of carbonyl (C=O) groups excluding carboxylic acids is 1. The van der Waals surface area contributed by atoms with E-state index >= 15 is 0 Å². The Labute approximate surface area is 154 Å². The highest BCUT2D eigenvalue weighted by molar-refractivity contribution is 5.76. The molecule has 0 bridgehead atoms. The summed E-state index contributed by atoms with van der Waals surface area (Å²) in [7, 11) is 4.41. The lowest BCUT2D eigenvalue weighted by Crippen LogP contribution is -2.52. The van der Waals surface area contributed by atoms with Crippen LogP contribution in [0.4, 0.5) is 0 Å². The van der Waals surface area contributed by atoms with Crippen LogP contribution in [0.3, 0.4) is 0 Å². The van der Waals surface area contributed by atoms with Gasteiger partial charge in [0.1, 0.15) is 0 Å². The fraction of sp³-hybridized carbons (Fsp3) is 0.682. The van der Waals surface area contributed by atoms with Crippen LogP contribution >= 0.6 is 0 Å². The summed E-state index contributed by atoms with van der Waals surface area (Å²) in [5.41, 5.74) is 2.96. The van der Waals surface area contributed by atoms with Crippen molar-refractivity contribution < 1.29 is 4.79 Å². The van der Waals surface area contributed by atoms with Crippen molar-refractivity contribution in [1.29, 1.82) is 0 Å². The minimum atomic E-state index is 0.221. The van der Waals surface area contributed by atoms with Crippen molar-refractivity contribution >= 4 is 5.91 Å². The molecule has 1 aromatic rings. The van der Waals surface area contributed by atoms with Gasteiger partial charge in [0, 0.05) is 18.0 Å². The first-order chi connectivity index (χ1) is 11.9. The molecule has 0 spiro atoms. The highest BCUT2D eigenvalue weighted by atomic mass is 16.1. The molecule has 0 radical (unpaired) electrons. The van der Waals surface area contributed by atoms with Gasteiger partial charge in [0.25, 0.3) is 0 Å². The van der Waals surface area contributed by atoms with Crippen LogP contribution in [0.1, 0.15) is 69.4 Å². The van der Waals surface area contributed by atoms with Gasteiger partial charge >= 0.3 is 0 Å². The van der Waals surface area contributed by atoms with Gasteiger partial charge in [-0.2, -0.15) is 0 Å². The Hall–Kier alpha value is -1.35. The number of rotatable bonds is 8. The van der Waals surface area contributed by atoms with Crippen LogP contribution in [-0.2, 0) is 11.2 Å². The summed E-state index contributed by atoms with van der Waals surface area (Å²) in [5, 5.41) is 3.27. The molecule has 1 fully saturated rings. The average Bonchev–Trinajstić information content (AvgIpc) is 2.59. The zero-order chi connectivity index (χ0) is 18.3. The molecule has 1 aliphatic rings. The molecular weight excluding hydrogens is 308 g/mol. The molecule has 1 N–H and O–H groups in total. The van der Waals surface area contributed by atoms with Gasteiger partial charge in [-0.3, -0.25) is 4.79 Å². The number of nitrogens with one attached hydrogen (secondary N) is 1. The Balaban J connectivity index is 1.89. The number of benzene rings is 1. The fourth-order valence-corrected chi connectivity index (χ4v) is 4.00. The molecule has 1 saturated carbocycles. The molecule has 1 aromatic carbocycles. The van der Waals surface area contributed by atoms with Gasteiger partial charge in [-0.1, -0.05) is 49.6 Å². The number of hydrogen-bond acceptors (Lipinski definition) is 2. The van der Waals surface area contributed by atoms with E-state index in [2.05, 4.69) is 62.4 Å². The maximum absolute atomic E-state index is 12.1. The second-order valence-electron chi connectivity index (χ2n) is 8.08. The summed E-state index contributed by atoms with van der Waals surface area (Å²) < 4.78 is 0. The van der Waals surface area contributed by atoms with E-state index in [0.29, 0.717) is 12.5 Å². The predicted octanol–water partition coefficient (Wildman–Crippen LogP) is 4.48. The molecule has 0 heterocycles. The van der Waals surface area contributed by atoms with Gasteiger partial charge in [-0.25, -0.2) is 0 Å². The van der Waals surface area contributed by atoms with E-state index in [0.717, 1.165) is 44.9 Å². The number of carbonyl (C=O) groups is 1. The van der Waals surface area contributed by atoms with E-state index in [1.807, 2.05) is 0 Å². The highest BCUT2D eigenvalue weighted by Gasteiger charge is 2.37. The summed E-state index contributed by atoms with van der Waals surface area (Å²) >= 11 is 0. The van der Waals surface area contributed by atoms with E-state index in [1.165, 1.54) is 17.5 Å². The molecule has 1 amide bonds. The number of amides is 1. The minimum Gasteiger partial charge on any atom is -0.353 e. The lowest BCUT2D eigenvalue weighted by atomic mass is 9.74. The molecule has 0 atom stereocenters. The van der Waals surface area contributed by atoms with Crippen molar-refractivity contribution in [2.24, 2.45) is 0 Å². The lowest BCUT2D eigenvalue weighted by molar-refractivity contribution is -0.122. The molecule has 3 nitrogen and oxygen atoms in total. The van der Waals surface area contributed by atoms with E-state index in [1.54, 1.807) is 0 Å². The second-order valence-corrected chi connectivity index (χ2v) is 8.08. The molecule has 1 aliphatic carbocycles. The van der Waals surface area contributed by atoms with Gasteiger partial charge < -0.3 is 10.2 Å². The first-order valence-electron chi connectivity index (χ1n) is 9.97. The van der Waals surface area contributed by atoms with Gasteiger partial charge in [0.15, 0.2) is 0 Å². The topological polar surface area (TPSA) is 32.3 Å². The quantitative estimate of drug-likeness (QED) is 0.705. The van der Waals surface area contributed by atoms with Crippen LogP contribution in [0, 0.1) is 6.92 Å². The predicted molar refractivity (Wildman–Crippen MR) is 106 cm³/mol. The number of unbranched alkanes of at least 4 members (excludes halogenated alkanes) is 2. The molecule has 2 rings (SSSR count). The summed E-state index contributed by atoms with van der Waals surface area (Å²) in [4.78, 5) is 14.5. The summed E-state index contributed by atoms with van der Waals surface area (Å²) in [6.07, 6.45) is 9.59. The molecule has 0 aliphatic heterocycles. The van der Waals surface area contributed by atoms with Gasteiger partial charge in [0.2, 0.25) is 5.91 Å². The third kappa shape index (κ3) is 5.85. The summed E-state index contributed by atoms with van der Waals surface area (Å²) in [6, 6.07) is 9.31. The maximum Gasteiger partial charge on any atom is 0.220 e. The summed E-state index contributed by atoms with van der Waals surface area (Å²) in [6.45, 7) is 4.31. The third-order valence-corrected chi connectivity index (χ3v) is 5.89. The van der Waals surface area contributed by atoms with Crippen molar-refractivity contribution in [1.82, 2.24) is 10.2 Å². The van der Waals surface area contributed by atoms with Crippen molar-refractivity contribution in [3.8, 4) is 0 Å². The third-order valence-electron chi connectivity index (χ3n) is 5.89. The van der Waals surface area contributed by atoms with E-state index in [9.17, 15) is 4.79 Å². The highest BCUT2D eigenvalue weighted by Crippen LogP contribution is 2.35. The Kier molecular flexibility index (Phi) is 7.49. The second kappa shape index (κ2) is 9.38. The number of nitrogens with zero attached hydrogens (tertiary/aromatic N) is 1. The SMILES string of the molecule is CCCCCC(=O)NC1CCC(Cc2ccc(C)cc2)(N(C)C)CC1. The Morgan fingerprint density at radius 2 is 1.80 bits per heavy atom. The maximum atomic E-state index is 12.1. The average molecular weight is 345 g/mol. The molecule has 140 valence electrons. The minimum absolute atomic E-state index is 0.221. The van der Waals surface area contributed by atoms with E-state index in [-0.39, 0.29) is 11.4 Å². The summed E-state index contributed by atoms with van der Waals surface area (Å²) in [5.74, 6) is 0.245. The standard InChI is InChI=1S/C22H36N2O/c1-5-6-7-8-21(25)23-20-13-15-22(16-14-20,24(3)4)17-19-11-9-18(2)10-12-19/h9-12,20H,5-8,13-17H2,1-4H3,(H,23,25). The van der Waals surface area contributed by atoms with Crippen LogP contribution < -0.4 is 5.32 Å². The van der Waals surface area contributed by atoms with E-state index in [4.69, 9.17) is 0 Å². The van der Waals surface area contributed by atoms with Gasteiger partial charge in [-0.05, 0) is 65.1 Å². The smallest absolute Gasteiger partial charge is 0.220 e. The molecule has 0 aromatic heterocycles. The van der Waals surface area contributed by atoms with Crippen LogP contribution in [-0.4, -0.2) is 36.5 Å². The number of aryl methyl sites for hydroxylation is 1. The van der Waals surface area contributed by atoms with Gasteiger partial charge in [-0.15, -0.1) is 0 Å². The van der Waals surface area contributed by atoms with Crippen LogP contribution in [0.15, 0.2) is 24.3 Å². The number of likely N-dealkylation sites (N-methyl/N-ethyl adjacent to an activating group) is 1. The van der Waals surface area contributed by atoms with E-state index < -0.39 is 0 Å². The number of hydrogen-bond donors (Lipinski definition) is 1. The Morgan fingerprint density at radius 1 is 1.16 bits per heavy atom. The lowest BCUT2D eigenvalue weighted by Gasteiger charge is -2.45. The monoisotopic (exact) mass is 344 g/mol. The molecule has 0 unspecified atom stereocenters. The Bertz CT molecular complexity index is 527. The zero-order valence-corrected chi connectivity index (χ0v) is 16.6. The van der Waals surface area contributed by atoms with Crippen molar-refractivity contribution in [2.45, 2.75) is 83.2 Å². The van der Waals surface area contributed by atoms with Crippen LogP contribution in [0.25, 0.3) is 0 Å². The van der Waals surface area contributed by atoms with Crippen LogP contribution in [0.2, 0.25) is 0 Å². The van der Waals surface area contributed by atoms with Crippen molar-refractivity contribution in [3.63, 3.8) is 0 Å². The first kappa shape index (κ1) is 20.0. The molecular formula is C22H36N2O. The molecule has 3 heteroatoms.